The van der Waals surface area contributed by atoms with Crippen LogP contribution in [0.5, 0.6) is 11.5 Å². The lowest BCUT2D eigenvalue weighted by atomic mass is 10.2. The molecule has 1 aliphatic heterocycles. The Balaban J connectivity index is 1.53. The number of anilines is 1. The first kappa shape index (κ1) is 19.2. The average molecular weight is 374 g/mol. The first-order valence-electron chi connectivity index (χ1n) is 9.41. The number of ether oxygens (including phenoxy) is 2. The Kier molecular flexibility index (Phi) is 6.64. The summed E-state index contributed by atoms with van der Waals surface area (Å²) in [6, 6.07) is 5.39. The number of nitrogens with zero attached hydrogens (tertiary/aromatic N) is 3. The predicted molar refractivity (Wildman–Crippen MR) is 99.9 cm³/mol. The summed E-state index contributed by atoms with van der Waals surface area (Å²) in [7, 11) is 0. The van der Waals surface area contributed by atoms with Crippen molar-refractivity contribution in [1.29, 1.82) is 0 Å². The van der Waals surface area contributed by atoms with Crippen LogP contribution < -0.4 is 14.8 Å². The molecule has 1 aliphatic rings. The molecule has 0 atom stereocenters. The molecule has 0 saturated carbocycles. The van der Waals surface area contributed by atoms with Gasteiger partial charge in [0.25, 0.3) is 0 Å². The number of carbonyl (C=O) groups is 1. The largest absolute Gasteiger partial charge is 0.486 e. The van der Waals surface area contributed by atoms with Gasteiger partial charge in [0, 0.05) is 18.2 Å². The van der Waals surface area contributed by atoms with Gasteiger partial charge in [0.15, 0.2) is 17.3 Å². The number of benzene rings is 1. The van der Waals surface area contributed by atoms with Crippen molar-refractivity contribution >= 4 is 11.6 Å². The molecule has 0 radical (unpaired) electrons. The lowest BCUT2D eigenvalue weighted by Crippen LogP contribution is -2.32. The second-order valence-corrected chi connectivity index (χ2v) is 6.42. The quantitative estimate of drug-likeness (QED) is 0.721. The van der Waals surface area contributed by atoms with Crippen molar-refractivity contribution in [3.05, 3.63) is 29.9 Å². The minimum Gasteiger partial charge on any atom is -0.486 e. The number of nitrogens with one attached hydrogen (secondary N) is 1. The molecular formula is C19H26N4O4. The van der Waals surface area contributed by atoms with Crippen molar-refractivity contribution < 1.29 is 18.8 Å². The number of likely N-dealkylation sites (N-methyl/N-ethyl adjacent to an activating group) is 1. The number of aryl methyl sites for hydroxylation is 1. The summed E-state index contributed by atoms with van der Waals surface area (Å²) < 4.78 is 16.3. The van der Waals surface area contributed by atoms with Crippen molar-refractivity contribution in [3.8, 4) is 11.5 Å². The number of fused-ring (bicyclic) bond motifs is 1. The van der Waals surface area contributed by atoms with Crippen LogP contribution in [-0.2, 0) is 17.8 Å². The number of carbonyl (C=O) groups excluding carboxylic acids is 1. The number of amides is 1. The zero-order chi connectivity index (χ0) is 19.1. The Bertz CT molecular complexity index is 762. The fraction of sp³-hybridized carbons (Fsp3) is 0.526. The summed E-state index contributed by atoms with van der Waals surface area (Å²) in [5, 5.41) is 6.88. The van der Waals surface area contributed by atoms with Crippen LogP contribution in [0, 0.1) is 0 Å². The van der Waals surface area contributed by atoms with Crippen molar-refractivity contribution in [2.24, 2.45) is 0 Å². The van der Waals surface area contributed by atoms with E-state index in [1.54, 1.807) is 18.2 Å². The van der Waals surface area contributed by atoms with Gasteiger partial charge in [0.05, 0.1) is 13.1 Å². The molecule has 146 valence electrons. The summed E-state index contributed by atoms with van der Waals surface area (Å²) in [5.74, 6) is 2.50. The smallest absolute Gasteiger partial charge is 0.240 e. The highest BCUT2D eigenvalue weighted by atomic mass is 16.6. The van der Waals surface area contributed by atoms with E-state index in [0.29, 0.717) is 49.4 Å². The Morgan fingerprint density at radius 1 is 1.22 bits per heavy atom. The Morgan fingerprint density at radius 3 is 2.81 bits per heavy atom. The third-order valence-electron chi connectivity index (χ3n) is 4.26. The van der Waals surface area contributed by atoms with E-state index < -0.39 is 0 Å². The highest BCUT2D eigenvalue weighted by Crippen LogP contribution is 2.32. The van der Waals surface area contributed by atoms with Crippen molar-refractivity contribution in [1.82, 2.24) is 15.0 Å². The molecule has 2 aromatic rings. The molecule has 0 fully saturated rings. The van der Waals surface area contributed by atoms with E-state index >= 15 is 0 Å². The van der Waals surface area contributed by atoms with Crippen LogP contribution in [0.4, 0.5) is 5.69 Å². The maximum Gasteiger partial charge on any atom is 0.240 e. The van der Waals surface area contributed by atoms with Crippen LogP contribution >= 0.6 is 0 Å². The van der Waals surface area contributed by atoms with Crippen LogP contribution in [0.3, 0.4) is 0 Å². The zero-order valence-electron chi connectivity index (χ0n) is 15.9. The predicted octanol–water partition coefficient (Wildman–Crippen LogP) is 2.64. The van der Waals surface area contributed by atoms with Gasteiger partial charge in [-0.1, -0.05) is 25.4 Å². The van der Waals surface area contributed by atoms with E-state index in [0.717, 1.165) is 25.1 Å². The topological polar surface area (TPSA) is 89.7 Å². The summed E-state index contributed by atoms with van der Waals surface area (Å²) in [5.41, 5.74) is 0.681. The molecule has 8 heteroatoms. The van der Waals surface area contributed by atoms with E-state index in [2.05, 4.69) is 22.4 Å². The normalized spacial score (nSPS) is 13.0. The maximum absolute atomic E-state index is 12.4. The van der Waals surface area contributed by atoms with Gasteiger partial charge in [-0.15, -0.1) is 0 Å². The molecule has 1 N–H and O–H groups in total. The molecule has 0 spiro atoms. The minimum atomic E-state index is -0.112. The fourth-order valence-corrected chi connectivity index (χ4v) is 2.79. The Morgan fingerprint density at radius 2 is 2.04 bits per heavy atom. The molecule has 1 aromatic carbocycles. The Hall–Kier alpha value is -2.61. The molecule has 0 bridgehead atoms. The number of rotatable bonds is 9. The van der Waals surface area contributed by atoms with Crippen molar-refractivity contribution in [2.75, 3.05) is 31.6 Å². The lowest BCUT2D eigenvalue weighted by molar-refractivity contribution is -0.117. The van der Waals surface area contributed by atoms with Crippen LogP contribution in [0.1, 0.15) is 38.4 Å². The highest BCUT2D eigenvalue weighted by molar-refractivity contribution is 5.92. The van der Waals surface area contributed by atoms with E-state index in [4.69, 9.17) is 14.0 Å². The Labute approximate surface area is 158 Å². The van der Waals surface area contributed by atoms with Gasteiger partial charge in [0.1, 0.15) is 13.2 Å². The molecule has 2 heterocycles. The summed E-state index contributed by atoms with van der Waals surface area (Å²) in [6.07, 6.45) is 2.94. The maximum atomic E-state index is 12.4. The van der Waals surface area contributed by atoms with Crippen molar-refractivity contribution in [3.63, 3.8) is 0 Å². The third-order valence-corrected chi connectivity index (χ3v) is 4.26. The molecular weight excluding hydrogens is 348 g/mol. The highest BCUT2D eigenvalue weighted by Gasteiger charge is 2.16. The molecule has 27 heavy (non-hydrogen) atoms. The van der Waals surface area contributed by atoms with Gasteiger partial charge in [-0.25, -0.2) is 0 Å². The standard InChI is InChI=1S/C19H26N4O4/c1-3-5-6-17-21-19(27-22-17)13-23(4-2)12-18(24)20-14-7-8-15-16(11-14)26-10-9-25-15/h7-8,11H,3-6,9-10,12-13H2,1-2H3,(H,20,24). The molecule has 3 rings (SSSR count). The van der Waals surface area contributed by atoms with Gasteiger partial charge >= 0.3 is 0 Å². The van der Waals surface area contributed by atoms with Crippen LogP contribution in [-0.4, -0.2) is 47.3 Å². The minimum absolute atomic E-state index is 0.112. The molecule has 0 saturated heterocycles. The van der Waals surface area contributed by atoms with E-state index in [-0.39, 0.29) is 12.5 Å². The van der Waals surface area contributed by atoms with Gasteiger partial charge in [0.2, 0.25) is 11.8 Å². The average Bonchev–Trinajstić information content (AvgIpc) is 3.13. The first-order valence-corrected chi connectivity index (χ1v) is 9.41. The molecule has 0 aliphatic carbocycles. The monoisotopic (exact) mass is 374 g/mol. The van der Waals surface area contributed by atoms with Gasteiger partial charge < -0.3 is 19.3 Å². The first-order chi connectivity index (χ1) is 13.2. The number of hydrogen-bond donors (Lipinski definition) is 1. The van der Waals surface area contributed by atoms with Gasteiger partial charge in [-0.3, -0.25) is 9.69 Å². The van der Waals surface area contributed by atoms with E-state index in [9.17, 15) is 4.79 Å². The SMILES string of the molecule is CCCCc1noc(CN(CC)CC(=O)Nc2ccc3c(c2)OCCO3)n1. The second kappa shape index (κ2) is 9.36. The lowest BCUT2D eigenvalue weighted by Gasteiger charge is -2.20. The molecule has 1 aromatic heterocycles. The van der Waals surface area contributed by atoms with Crippen LogP contribution in [0.25, 0.3) is 0 Å². The zero-order valence-corrected chi connectivity index (χ0v) is 15.9. The van der Waals surface area contributed by atoms with E-state index in [1.165, 1.54) is 0 Å². The van der Waals surface area contributed by atoms with Crippen LogP contribution in [0.15, 0.2) is 22.7 Å². The summed E-state index contributed by atoms with van der Waals surface area (Å²) in [4.78, 5) is 18.7. The van der Waals surface area contributed by atoms with Gasteiger partial charge in [-0.2, -0.15) is 4.98 Å². The number of hydrogen-bond acceptors (Lipinski definition) is 7. The van der Waals surface area contributed by atoms with Crippen LogP contribution in [0.2, 0.25) is 0 Å². The summed E-state index contributed by atoms with van der Waals surface area (Å²) in [6.45, 7) is 6.55. The number of aromatic nitrogens is 2. The molecule has 0 unspecified atom stereocenters. The third kappa shape index (κ3) is 5.43. The molecule has 8 nitrogen and oxygen atoms in total. The summed E-state index contributed by atoms with van der Waals surface area (Å²) >= 11 is 0. The second-order valence-electron chi connectivity index (χ2n) is 6.42. The number of unbranched alkanes of at least 4 members (excludes halogenated alkanes) is 1. The van der Waals surface area contributed by atoms with Crippen molar-refractivity contribution in [2.45, 2.75) is 39.7 Å². The van der Waals surface area contributed by atoms with E-state index in [1.807, 2.05) is 11.8 Å². The molecule has 1 amide bonds. The van der Waals surface area contributed by atoms with Gasteiger partial charge in [-0.05, 0) is 25.1 Å². The fourth-order valence-electron chi connectivity index (χ4n) is 2.79.